The van der Waals surface area contributed by atoms with Gasteiger partial charge in [-0.05, 0) is 70.8 Å². The first kappa shape index (κ1) is 27.7. The second-order valence-corrected chi connectivity index (χ2v) is 10.7. The van der Waals surface area contributed by atoms with Gasteiger partial charge < -0.3 is 19.7 Å². The molecule has 2 N–H and O–H groups in total. The molecule has 1 aliphatic carbocycles. The van der Waals surface area contributed by atoms with Crippen molar-refractivity contribution in [2.45, 2.75) is 5.41 Å². The van der Waals surface area contributed by atoms with E-state index in [0.29, 0.717) is 23.0 Å². The number of aromatic carboxylic acids is 2. The zero-order valence-corrected chi connectivity index (χ0v) is 23.9. The molecule has 45 heavy (non-hydrogen) atoms. The highest BCUT2D eigenvalue weighted by atomic mass is 16.5. The van der Waals surface area contributed by atoms with Crippen molar-refractivity contribution in [3.63, 3.8) is 0 Å². The molecule has 0 atom stereocenters. The molecule has 6 heteroatoms. The minimum Gasteiger partial charge on any atom is -0.478 e. The summed E-state index contributed by atoms with van der Waals surface area (Å²) >= 11 is 0. The highest BCUT2D eigenvalue weighted by molar-refractivity contribution is 5.89. The Hall–Kier alpha value is -6.14. The van der Waals surface area contributed by atoms with Gasteiger partial charge in [0.2, 0.25) is 0 Å². The first-order chi connectivity index (χ1) is 22.0. The van der Waals surface area contributed by atoms with Crippen molar-refractivity contribution >= 4 is 11.9 Å². The molecule has 7 rings (SSSR count). The molecule has 0 unspecified atom stereocenters. The zero-order chi connectivity index (χ0) is 31.0. The fraction of sp³-hybridized carbons (Fsp3) is 0.0256. The summed E-state index contributed by atoms with van der Waals surface area (Å²) < 4.78 is 13.0. The van der Waals surface area contributed by atoms with Gasteiger partial charge in [-0.2, -0.15) is 0 Å². The fourth-order valence-electron chi connectivity index (χ4n) is 6.33. The van der Waals surface area contributed by atoms with Crippen LogP contribution in [0, 0.1) is 0 Å². The van der Waals surface area contributed by atoms with Gasteiger partial charge in [0.05, 0.1) is 16.5 Å². The zero-order valence-electron chi connectivity index (χ0n) is 23.9. The summed E-state index contributed by atoms with van der Waals surface area (Å²) in [5, 5.41) is 19.2. The molecule has 0 heterocycles. The molecule has 0 aliphatic heterocycles. The number of carboxylic acid groups (broad SMARTS) is 2. The largest absolute Gasteiger partial charge is 0.478 e. The first-order valence-electron chi connectivity index (χ1n) is 14.4. The van der Waals surface area contributed by atoms with Crippen LogP contribution in [0.25, 0.3) is 11.1 Å². The molecule has 0 radical (unpaired) electrons. The summed E-state index contributed by atoms with van der Waals surface area (Å²) in [5.74, 6) is -0.189. The van der Waals surface area contributed by atoms with Gasteiger partial charge in [0, 0.05) is 11.1 Å². The highest BCUT2D eigenvalue weighted by Crippen LogP contribution is 2.59. The van der Waals surface area contributed by atoms with Crippen LogP contribution in [0.1, 0.15) is 43.0 Å². The minimum atomic E-state index is -1.04. The van der Waals surface area contributed by atoms with Crippen molar-refractivity contribution < 1.29 is 29.3 Å². The maximum atomic E-state index is 11.7. The predicted molar refractivity (Wildman–Crippen MR) is 171 cm³/mol. The van der Waals surface area contributed by atoms with Crippen LogP contribution in [0.3, 0.4) is 0 Å². The summed E-state index contributed by atoms with van der Waals surface area (Å²) in [6, 6.07) is 44.9. The Morgan fingerprint density at radius 3 is 1.24 bits per heavy atom. The number of fused-ring (bicyclic) bond motifs is 3. The monoisotopic (exact) mass is 590 g/mol. The maximum absolute atomic E-state index is 11.7. The number of hydrogen-bond acceptors (Lipinski definition) is 4. The molecule has 1 aliphatic rings. The fourth-order valence-corrected chi connectivity index (χ4v) is 6.33. The number of hydrogen-bond donors (Lipinski definition) is 2. The molecular weight excluding hydrogens is 564 g/mol. The molecule has 0 amide bonds. The smallest absolute Gasteiger partial charge is 0.335 e. The normalized spacial score (nSPS) is 12.5. The SMILES string of the molecule is O=C(O)c1cccc(Oc2ccccc2C2(c3ccccc3Oc3cccc(C(=O)O)c3)c3ccccc3-c3ccccc32)c1. The van der Waals surface area contributed by atoms with Crippen LogP contribution < -0.4 is 9.47 Å². The van der Waals surface area contributed by atoms with Crippen LogP contribution in [0.4, 0.5) is 0 Å². The molecule has 0 bridgehead atoms. The van der Waals surface area contributed by atoms with Crippen LogP contribution in [-0.4, -0.2) is 22.2 Å². The molecule has 0 saturated heterocycles. The maximum Gasteiger partial charge on any atom is 0.335 e. The average molecular weight is 591 g/mol. The van der Waals surface area contributed by atoms with Crippen LogP contribution in [0.2, 0.25) is 0 Å². The van der Waals surface area contributed by atoms with E-state index in [1.165, 1.54) is 24.3 Å². The molecule has 0 fully saturated rings. The lowest BCUT2D eigenvalue weighted by Crippen LogP contribution is -2.29. The van der Waals surface area contributed by atoms with E-state index in [0.717, 1.165) is 33.4 Å². The van der Waals surface area contributed by atoms with Gasteiger partial charge >= 0.3 is 11.9 Å². The molecule has 0 aromatic heterocycles. The third-order valence-electron chi connectivity index (χ3n) is 8.15. The Kier molecular flexibility index (Phi) is 6.87. The number of carbonyl (C=O) groups is 2. The van der Waals surface area contributed by atoms with E-state index in [1.807, 2.05) is 72.8 Å². The molecule has 0 spiro atoms. The Morgan fingerprint density at radius 1 is 0.444 bits per heavy atom. The average Bonchev–Trinajstić information content (AvgIpc) is 3.36. The number of ether oxygens (including phenoxy) is 2. The van der Waals surface area contributed by atoms with Crippen molar-refractivity contribution in [3.8, 4) is 34.1 Å². The molecule has 6 nitrogen and oxygen atoms in total. The van der Waals surface area contributed by atoms with E-state index in [4.69, 9.17) is 9.47 Å². The first-order valence-corrected chi connectivity index (χ1v) is 14.4. The molecular formula is C39H26O6. The van der Waals surface area contributed by atoms with Crippen LogP contribution >= 0.6 is 0 Å². The summed E-state index contributed by atoms with van der Waals surface area (Å²) in [7, 11) is 0. The lowest BCUT2D eigenvalue weighted by atomic mass is 9.67. The Morgan fingerprint density at radius 2 is 0.822 bits per heavy atom. The third-order valence-corrected chi connectivity index (χ3v) is 8.15. The van der Waals surface area contributed by atoms with E-state index >= 15 is 0 Å². The molecule has 218 valence electrons. The van der Waals surface area contributed by atoms with E-state index < -0.39 is 17.4 Å². The van der Waals surface area contributed by atoms with E-state index in [-0.39, 0.29) is 11.1 Å². The van der Waals surface area contributed by atoms with Gasteiger partial charge in [0.15, 0.2) is 0 Å². The minimum absolute atomic E-state index is 0.124. The van der Waals surface area contributed by atoms with Crippen molar-refractivity contribution in [1.82, 2.24) is 0 Å². The van der Waals surface area contributed by atoms with Crippen molar-refractivity contribution in [2.75, 3.05) is 0 Å². The van der Waals surface area contributed by atoms with Gasteiger partial charge in [-0.25, -0.2) is 9.59 Å². The highest BCUT2D eigenvalue weighted by Gasteiger charge is 2.49. The van der Waals surface area contributed by atoms with Gasteiger partial charge in [0.25, 0.3) is 0 Å². The van der Waals surface area contributed by atoms with Gasteiger partial charge in [-0.15, -0.1) is 0 Å². The van der Waals surface area contributed by atoms with Gasteiger partial charge in [0.1, 0.15) is 23.0 Å². The summed E-state index contributed by atoms with van der Waals surface area (Å²) in [5.41, 5.74) is 5.18. The second kappa shape index (κ2) is 11.2. The van der Waals surface area contributed by atoms with Crippen molar-refractivity contribution in [2.24, 2.45) is 0 Å². The van der Waals surface area contributed by atoms with Crippen molar-refractivity contribution in [3.05, 3.63) is 179 Å². The molecule has 0 saturated carbocycles. The Bertz CT molecular complexity index is 1950. The molecule has 6 aromatic rings. The second-order valence-electron chi connectivity index (χ2n) is 10.7. The number of rotatable bonds is 8. The van der Waals surface area contributed by atoms with Crippen molar-refractivity contribution in [1.29, 1.82) is 0 Å². The summed E-state index contributed by atoms with van der Waals surface area (Å²) in [6.07, 6.45) is 0. The van der Waals surface area contributed by atoms with Gasteiger partial charge in [-0.3, -0.25) is 0 Å². The van der Waals surface area contributed by atoms with Crippen LogP contribution in [0.15, 0.2) is 146 Å². The summed E-state index contributed by atoms with van der Waals surface area (Å²) in [4.78, 5) is 23.5. The summed E-state index contributed by atoms with van der Waals surface area (Å²) in [6.45, 7) is 0. The molecule has 6 aromatic carbocycles. The topological polar surface area (TPSA) is 93.1 Å². The third kappa shape index (κ3) is 4.69. The van der Waals surface area contributed by atoms with Crippen LogP contribution in [0.5, 0.6) is 23.0 Å². The lowest BCUT2D eigenvalue weighted by Gasteiger charge is -2.36. The van der Waals surface area contributed by atoms with E-state index in [9.17, 15) is 19.8 Å². The van der Waals surface area contributed by atoms with E-state index in [2.05, 4.69) is 24.3 Å². The standard InChI is InChI=1S/C39H26O6/c40-37(41)25-11-9-13-27(23-25)44-35-21-7-5-19-33(35)39(31-17-3-1-15-29(31)30-16-2-4-18-32(30)39)34-20-6-8-22-36(34)45-28-14-10-12-26(24-28)38(42)43/h1-24H,(H,40,41)(H,42,43). The predicted octanol–water partition coefficient (Wildman–Crippen LogP) is 9.03. The number of carboxylic acids is 2. The number of para-hydroxylation sites is 2. The Balaban J connectivity index is 1.50. The van der Waals surface area contributed by atoms with Gasteiger partial charge in [-0.1, -0.05) is 97.1 Å². The Labute approximate surface area is 259 Å². The van der Waals surface area contributed by atoms with E-state index in [1.54, 1.807) is 24.3 Å². The quantitative estimate of drug-likeness (QED) is 0.183. The van der Waals surface area contributed by atoms with Crippen LogP contribution in [-0.2, 0) is 5.41 Å². The number of benzene rings is 6. The lowest BCUT2D eigenvalue weighted by molar-refractivity contribution is 0.0686.